The molecule has 1 aromatic rings. The summed E-state index contributed by atoms with van der Waals surface area (Å²) in [6, 6.07) is 4.35. The third kappa shape index (κ3) is 11.5. The summed E-state index contributed by atoms with van der Waals surface area (Å²) in [4.78, 5) is 49.1. The SMILES string of the molecule is CCCC(=O)OCC[C@@](N)(Cc1ccc(OC(=O)OC(C)C(C)C)c(OC(=O)OC(C)C(C)C)c1)C(=O)OC. The zero-order chi connectivity index (χ0) is 29.8. The molecule has 11 nitrogen and oxygen atoms in total. The quantitative estimate of drug-likeness (QED) is 0.189. The molecule has 0 amide bonds. The number of methoxy groups -OCH3 is 1. The molecule has 2 N–H and O–H groups in total. The van der Waals surface area contributed by atoms with Crippen LogP contribution in [0.15, 0.2) is 18.2 Å². The van der Waals surface area contributed by atoms with Gasteiger partial charge in [-0.05, 0) is 49.8 Å². The molecule has 3 atom stereocenters. The first-order chi connectivity index (χ1) is 18.2. The van der Waals surface area contributed by atoms with E-state index in [4.69, 9.17) is 34.2 Å². The molecule has 0 saturated carbocycles. The Morgan fingerprint density at radius 3 is 1.90 bits per heavy atom. The summed E-state index contributed by atoms with van der Waals surface area (Å²) in [7, 11) is 1.20. The van der Waals surface area contributed by atoms with Crippen LogP contribution in [0, 0.1) is 11.8 Å². The second-order valence-corrected chi connectivity index (χ2v) is 10.2. The minimum absolute atomic E-state index is 0.0169. The van der Waals surface area contributed by atoms with Crippen LogP contribution in [0.4, 0.5) is 9.59 Å². The Morgan fingerprint density at radius 1 is 0.872 bits per heavy atom. The van der Waals surface area contributed by atoms with Crippen LogP contribution in [-0.4, -0.2) is 55.7 Å². The molecule has 1 aromatic carbocycles. The fourth-order valence-corrected chi connectivity index (χ4v) is 3.08. The second-order valence-electron chi connectivity index (χ2n) is 10.2. The van der Waals surface area contributed by atoms with E-state index in [1.165, 1.54) is 19.2 Å². The molecule has 0 heterocycles. The molecule has 2 unspecified atom stereocenters. The van der Waals surface area contributed by atoms with Crippen LogP contribution in [0.5, 0.6) is 11.5 Å². The van der Waals surface area contributed by atoms with Crippen molar-refractivity contribution in [3.05, 3.63) is 23.8 Å². The first-order valence-electron chi connectivity index (χ1n) is 13.1. The van der Waals surface area contributed by atoms with Gasteiger partial charge in [-0.25, -0.2) is 9.59 Å². The maximum absolute atomic E-state index is 12.6. The van der Waals surface area contributed by atoms with Crippen molar-refractivity contribution in [2.45, 2.75) is 91.9 Å². The number of esters is 2. The minimum Gasteiger partial charge on any atom is -0.468 e. The van der Waals surface area contributed by atoms with E-state index in [1.54, 1.807) is 19.9 Å². The average molecular weight is 554 g/mol. The average Bonchev–Trinajstić information content (AvgIpc) is 2.84. The number of hydrogen-bond donors (Lipinski definition) is 1. The van der Waals surface area contributed by atoms with E-state index in [0.717, 1.165) is 0 Å². The lowest BCUT2D eigenvalue weighted by molar-refractivity contribution is -0.151. The highest BCUT2D eigenvalue weighted by atomic mass is 16.8. The van der Waals surface area contributed by atoms with Crippen molar-refractivity contribution in [2.75, 3.05) is 13.7 Å². The summed E-state index contributed by atoms with van der Waals surface area (Å²) in [5.41, 5.74) is 5.29. The van der Waals surface area contributed by atoms with Crippen molar-refractivity contribution < 1.29 is 47.6 Å². The molecule has 0 aliphatic carbocycles. The second kappa shape index (κ2) is 15.9. The zero-order valence-electron chi connectivity index (χ0n) is 24.2. The van der Waals surface area contributed by atoms with Crippen molar-refractivity contribution in [2.24, 2.45) is 17.6 Å². The summed E-state index contributed by atoms with van der Waals surface area (Å²) in [5, 5.41) is 0. The van der Waals surface area contributed by atoms with Crippen molar-refractivity contribution in [3.8, 4) is 11.5 Å². The van der Waals surface area contributed by atoms with E-state index in [-0.39, 0.29) is 49.2 Å². The third-order valence-corrected chi connectivity index (χ3v) is 6.21. The van der Waals surface area contributed by atoms with Gasteiger partial charge < -0.3 is 34.2 Å². The molecule has 0 radical (unpaired) electrons. The number of ether oxygens (including phenoxy) is 6. The molecular weight excluding hydrogens is 510 g/mol. The molecule has 0 saturated heterocycles. The van der Waals surface area contributed by atoms with Gasteiger partial charge in [-0.3, -0.25) is 9.59 Å². The van der Waals surface area contributed by atoms with Crippen LogP contribution in [0.1, 0.15) is 73.3 Å². The molecule has 0 bridgehead atoms. The van der Waals surface area contributed by atoms with Gasteiger partial charge in [0.2, 0.25) is 0 Å². The van der Waals surface area contributed by atoms with E-state index in [2.05, 4.69) is 0 Å². The number of carbonyl (C=O) groups is 4. The molecular formula is C28H43NO10. The minimum atomic E-state index is -1.56. The first-order valence-corrected chi connectivity index (χ1v) is 13.1. The summed E-state index contributed by atoms with van der Waals surface area (Å²) >= 11 is 0. The molecule has 0 aromatic heterocycles. The van der Waals surface area contributed by atoms with E-state index >= 15 is 0 Å². The lowest BCUT2D eigenvalue weighted by atomic mass is 9.88. The summed E-state index contributed by atoms with van der Waals surface area (Å²) in [5.74, 6) is -1.24. The Balaban J connectivity index is 3.23. The predicted octanol–water partition coefficient (Wildman–Crippen LogP) is 4.95. The van der Waals surface area contributed by atoms with Crippen molar-refractivity contribution in [1.82, 2.24) is 0 Å². The smallest absolute Gasteiger partial charge is 0.468 e. The molecule has 0 spiro atoms. The molecule has 0 aliphatic heterocycles. The Labute approximate surface area is 230 Å². The molecule has 220 valence electrons. The molecule has 39 heavy (non-hydrogen) atoms. The van der Waals surface area contributed by atoms with Crippen LogP contribution in [0.3, 0.4) is 0 Å². The monoisotopic (exact) mass is 553 g/mol. The highest BCUT2D eigenvalue weighted by Crippen LogP contribution is 2.32. The summed E-state index contributed by atoms with van der Waals surface area (Å²) < 4.78 is 31.3. The fourth-order valence-electron chi connectivity index (χ4n) is 3.08. The van der Waals surface area contributed by atoms with Crippen LogP contribution >= 0.6 is 0 Å². The fraction of sp³-hybridized carbons (Fsp3) is 0.643. The largest absolute Gasteiger partial charge is 0.514 e. The predicted molar refractivity (Wildman–Crippen MR) is 142 cm³/mol. The molecule has 0 aliphatic rings. The Hall–Kier alpha value is -3.34. The maximum Gasteiger partial charge on any atom is 0.514 e. The van der Waals surface area contributed by atoms with Crippen LogP contribution in [-0.2, 0) is 35.0 Å². The number of carbonyl (C=O) groups excluding carboxylic acids is 4. The number of rotatable bonds is 14. The highest BCUT2D eigenvalue weighted by Gasteiger charge is 2.36. The van der Waals surface area contributed by atoms with E-state index in [0.29, 0.717) is 12.0 Å². The van der Waals surface area contributed by atoms with Crippen molar-refractivity contribution >= 4 is 24.2 Å². The van der Waals surface area contributed by atoms with Crippen molar-refractivity contribution in [3.63, 3.8) is 0 Å². The Bertz CT molecular complexity index is 977. The Morgan fingerprint density at radius 2 is 1.41 bits per heavy atom. The maximum atomic E-state index is 12.6. The van der Waals surface area contributed by atoms with Gasteiger partial charge in [-0.15, -0.1) is 0 Å². The number of benzene rings is 1. The standard InChI is InChI=1S/C28H43NO10/c1-9-10-24(30)35-14-13-28(29,25(31)34-8)16-21-11-12-22(38-26(32)36-19(6)17(2)3)23(15-21)39-27(33)37-20(7)18(4)5/h11-12,15,17-20H,9-10,13-14,16,29H2,1-8H3/t19?,20?,28-/m1/s1. The van der Waals surface area contributed by atoms with Crippen LogP contribution < -0.4 is 15.2 Å². The molecule has 0 fully saturated rings. The van der Waals surface area contributed by atoms with Gasteiger partial charge in [0.15, 0.2) is 11.5 Å². The van der Waals surface area contributed by atoms with Gasteiger partial charge in [0.05, 0.1) is 13.7 Å². The van der Waals surface area contributed by atoms with Crippen molar-refractivity contribution in [1.29, 1.82) is 0 Å². The number of nitrogens with two attached hydrogens (primary N) is 1. The topological polar surface area (TPSA) is 150 Å². The van der Waals surface area contributed by atoms with E-state index in [9.17, 15) is 19.2 Å². The lowest BCUT2D eigenvalue weighted by Crippen LogP contribution is -2.51. The summed E-state index contributed by atoms with van der Waals surface area (Å²) in [6.45, 7) is 12.7. The normalized spacial score (nSPS) is 14.1. The van der Waals surface area contributed by atoms with Gasteiger partial charge in [-0.2, -0.15) is 0 Å². The first kappa shape index (κ1) is 33.7. The van der Waals surface area contributed by atoms with Gasteiger partial charge >= 0.3 is 24.2 Å². The molecule has 11 heteroatoms. The summed E-state index contributed by atoms with van der Waals surface area (Å²) in [6.07, 6.45) is -2.03. The van der Waals surface area contributed by atoms with E-state index < -0.39 is 42.0 Å². The van der Waals surface area contributed by atoms with Crippen LogP contribution in [0.25, 0.3) is 0 Å². The third-order valence-electron chi connectivity index (χ3n) is 6.21. The van der Waals surface area contributed by atoms with Gasteiger partial charge in [0.1, 0.15) is 17.7 Å². The lowest BCUT2D eigenvalue weighted by Gasteiger charge is -2.27. The van der Waals surface area contributed by atoms with Gasteiger partial charge in [-0.1, -0.05) is 40.7 Å². The van der Waals surface area contributed by atoms with Gasteiger partial charge in [0, 0.05) is 19.3 Å². The van der Waals surface area contributed by atoms with E-state index in [1.807, 2.05) is 34.6 Å². The van der Waals surface area contributed by atoms with Crippen LogP contribution in [0.2, 0.25) is 0 Å². The Kier molecular flexibility index (Phi) is 13.8. The van der Waals surface area contributed by atoms with Gasteiger partial charge in [0.25, 0.3) is 0 Å². The zero-order valence-corrected chi connectivity index (χ0v) is 24.2. The molecule has 1 rings (SSSR count). The highest BCUT2D eigenvalue weighted by molar-refractivity contribution is 5.81. The number of hydrogen-bond acceptors (Lipinski definition) is 11.